The molecule has 1 aromatic heterocycles. The van der Waals surface area contributed by atoms with Crippen molar-refractivity contribution in [2.75, 3.05) is 20.2 Å². The van der Waals surface area contributed by atoms with Crippen LogP contribution in [0.3, 0.4) is 0 Å². The van der Waals surface area contributed by atoms with E-state index >= 15 is 0 Å². The minimum atomic E-state index is -0.980. The van der Waals surface area contributed by atoms with Gasteiger partial charge in [-0.05, 0) is 48.3 Å². The fraction of sp³-hybridized carbons (Fsp3) is 0.520. The van der Waals surface area contributed by atoms with Crippen LogP contribution in [-0.4, -0.2) is 65.8 Å². The fourth-order valence-corrected chi connectivity index (χ4v) is 6.03. The maximum Gasteiger partial charge on any atom is 0.271 e. The lowest BCUT2D eigenvalue weighted by molar-refractivity contribution is -0.131. The Balaban J connectivity index is 1.39. The van der Waals surface area contributed by atoms with Crippen LogP contribution in [0.25, 0.3) is 10.9 Å². The van der Waals surface area contributed by atoms with Gasteiger partial charge in [-0.1, -0.05) is 19.9 Å². The van der Waals surface area contributed by atoms with E-state index in [9.17, 15) is 19.2 Å². The molecule has 0 bridgehead atoms. The minimum absolute atomic E-state index is 0.0197. The van der Waals surface area contributed by atoms with Gasteiger partial charge in [-0.2, -0.15) is 0 Å². The third-order valence-corrected chi connectivity index (χ3v) is 8.16. The molecule has 2 aromatic rings. The second-order valence-corrected chi connectivity index (χ2v) is 10.4. The first kappa shape index (κ1) is 23.2. The minimum Gasteiger partial charge on any atom is -0.496 e. The summed E-state index contributed by atoms with van der Waals surface area (Å²) in [6, 6.07) is 5.56. The van der Waals surface area contributed by atoms with Crippen molar-refractivity contribution in [2.24, 2.45) is 28.9 Å². The van der Waals surface area contributed by atoms with Crippen molar-refractivity contribution in [1.29, 1.82) is 0 Å². The molecule has 2 saturated heterocycles. The molecule has 4 amide bonds. The standard InChI is InChI=1S/C25H31N5O5/c1-25(2)14-11-30(24(34)17-10-13-15(28-17)5-4-6-18(13)35-3)20(19(14)25)23(33)29-16(21(26)31)9-12-7-8-27-22(12)32/h4-6,10,12,14,16,19-20,28H,7-9,11H2,1-3H3,(H2,26,31)(H,27,32)(H,29,33)/t12-,14-,16?,19?,20-/m0/s1. The molecule has 3 fully saturated rings. The number of amides is 4. The summed E-state index contributed by atoms with van der Waals surface area (Å²) in [5.41, 5.74) is 6.63. The van der Waals surface area contributed by atoms with E-state index in [0.29, 0.717) is 31.0 Å². The zero-order chi connectivity index (χ0) is 25.1. The Labute approximate surface area is 202 Å². The molecule has 2 aliphatic heterocycles. The number of methoxy groups -OCH3 is 1. The molecule has 1 aliphatic carbocycles. The molecule has 35 heavy (non-hydrogen) atoms. The predicted octanol–water partition coefficient (Wildman–Crippen LogP) is 0.769. The van der Waals surface area contributed by atoms with Crippen LogP contribution in [0.15, 0.2) is 24.3 Å². The predicted molar refractivity (Wildman–Crippen MR) is 127 cm³/mol. The zero-order valence-corrected chi connectivity index (χ0v) is 20.1. The van der Waals surface area contributed by atoms with Crippen molar-refractivity contribution in [3.63, 3.8) is 0 Å². The number of piperidine rings is 1. The van der Waals surface area contributed by atoms with Crippen molar-refractivity contribution in [1.82, 2.24) is 20.5 Å². The number of rotatable bonds is 7. The molecule has 2 unspecified atom stereocenters. The molecule has 5 N–H and O–H groups in total. The number of carbonyl (C=O) groups is 4. The van der Waals surface area contributed by atoms with Gasteiger partial charge in [-0.25, -0.2) is 0 Å². The van der Waals surface area contributed by atoms with Crippen LogP contribution >= 0.6 is 0 Å². The first-order valence-electron chi connectivity index (χ1n) is 12.0. The number of likely N-dealkylation sites (tertiary alicyclic amines) is 1. The highest BCUT2D eigenvalue weighted by Gasteiger charge is 2.69. The molecule has 3 aliphatic rings. The lowest BCUT2D eigenvalue weighted by Gasteiger charge is -2.31. The van der Waals surface area contributed by atoms with Crippen LogP contribution in [0.4, 0.5) is 0 Å². The molecule has 0 radical (unpaired) electrons. The molecule has 0 spiro atoms. The molecule has 5 atom stereocenters. The second kappa shape index (κ2) is 8.28. The maximum absolute atomic E-state index is 13.6. The number of ether oxygens (including phenoxy) is 1. The van der Waals surface area contributed by atoms with Gasteiger partial charge >= 0.3 is 0 Å². The van der Waals surface area contributed by atoms with Gasteiger partial charge in [0.2, 0.25) is 17.7 Å². The van der Waals surface area contributed by atoms with Gasteiger partial charge in [0.25, 0.3) is 5.91 Å². The summed E-state index contributed by atoms with van der Waals surface area (Å²) in [5, 5.41) is 6.29. The normalized spacial score (nSPS) is 27.3. The Morgan fingerprint density at radius 1 is 1.31 bits per heavy atom. The SMILES string of the molecule is COc1cccc2[nH]c(C(=O)N3C[C@H]4C([C@H]3C(=O)NC(C[C@@H]3CCNC3=O)C(N)=O)C4(C)C)cc12. The highest BCUT2D eigenvalue weighted by Crippen LogP contribution is 2.65. The van der Waals surface area contributed by atoms with Gasteiger partial charge in [0.05, 0.1) is 7.11 Å². The van der Waals surface area contributed by atoms with E-state index in [4.69, 9.17) is 10.5 Å². The van der Waals surface area contributed by atoms with Crippen LogP contribution < -0.4 is 21.1 Å². The van der Waals surface area contributed by atoms with Crippen LogP contribution in [0, 0.1) is 23.2 Å². The molecule has 3 heterocycles. The van der Waals surface area contributed by atoms with Crippen molar-refractivity contribution in [3.8, 4) is 5.75 Å². The van der Waals surface area contributed by atoms with Gasteiger partial charge in [0, 0.05) is 29.9 Å². The number of benzene rings is 1. The summed E-state index contributed by atoms with van der Waals surface area (Å²) in [6.45, 7) is 5.17. The smallest absolute Gasteiger partial charge is 0.271 e. The van der Waals surface area contributed by atoms with E-state index in [0.717, 1.165) is 10.9 Å². The molecule has 10 heteroatoms. The van der Waals surface area contributed by atoms with Crippen LogP contribution in [0.2, 0.25) is 0 Å². The summed E-state index contributed by atoms with van der Waals surface area (Å²) in [5.74, 6) is -1.07. The van der Waals surface area contributed by atoms with E-state index in [1.807, 2.05) is 18.2 Å². The Kier molecular flexibility index (Phi) is 5.49. The van der Waals surface area contributed by atoms with E-state index in [2.05, 4.69) is 29.5 Å². The number of aromatic nitrogens is 1. The van der Waals surface area contributed by atoms with Crippen molar-refractivity contribution in [3.05, 3.63) is 30.0 Å². The zero-order valence-electron chi connectivity index (χ0n) is 20.1. The number of H-pyrrole nitrogens is 1. The van der Waals surface area contributed by atoms with Crippen molar-refractivity contribution >= 4 is 34.5 Å². The number of carbonyl (C=O) groups excluding carboxylic acids is 4. The number of nitrogens with two attached hydrogens (primary N) is 1. The quantitative estimate of drug-likeness (QED) is 0.461. The Bertz CT molecular complexity index is 1220. The van der Waals surface area contributed by atoms with Gasteiger partial charge in [0.15, 0.2) is 0 Å². The van der Waals surface area contributed by atoms with Crippen molar-refractivity contribution in [2.45, 2.75) is 38.8 Å². The summed E-state index contributed by atoms with van der Waals surface area (Å²) in [4.78, 5) is 56.0. The Morgan fingerprint density at radius 3 is 2.74 bits per heavy atom. The first-order chi connectivity index (χ1) is 16.6. The maximum atomic E-state index is 13.6. The first-order valence-corrected chi connectivity index (χ1v) is 12.0. The number of nitrogens with one attached hydrogen (secondary N) is 3. The monoisotopic (exact) mass is 481 g/mol. The lowest BCUT2D eigenvalue weighted by atomic mass is 9.96. The number of primary amides is 1. The molecular formula is C25H31N5O5. The summed E-state index contributed by atoms with van der Waals surface area (Å²) >= 11 is 0. The summed E-state index contributed by atoms with van der Waals surface area (Å²) in [6.07, 6.45) is 0.737. The van der Waals surface area contributed by atoms with Crippen molar-refractivity contribution < 1.29 is 23.9 Å². The summed E-state index contributed by atoms with van der Waals surface area (Å²) < 4.78 is 5.40. The van der Waals surface area contributed by atoms with E-state index in [-0.39, 0.29) is 41.4 Å². The second-order valence-electron chi connectivity index (χ2n) is 10.4. The fourth-order valence-electron chi connectivity index (χ4n) is 6.03. The van der Waals surface area contributed by atoms with Crippen LogP contribution in [0.1, 0.15) is 37.2 Å². The number of hydrogen-bond donors (Lipinski definition) is 4. The van der Waals surface area contributed by atoms with E-state index in [1.165, 1.54) is 0 Å². The number of nitrogens with zero attached hydrogens (tertiary/aromatic N) is 1. The largest absolute Gasteiger partial charge is 0.496 e. The highest BCUT2D eigenvalue weighted by atomic mass is 16.5. The van der Waals surface area contributed by atoms with Crippen LogP contribution in [-0.2, 0) is 14.4 Å². The van der Waals surface area contributed by atoms with Gasteiger partial charge in [-0.15, -0.1) is 0 Å². The number of hydrogen-bond acceptors (Lipinski definition) is 5. The molecular weight excluding hydrogens is 450 g/mol. The molecule has 186 valence electrons. The van der Waals surface area contributed by atoms with Crippen LogP contribution in [0.5, 0.6) is 5.75 Å². The summed E-state index contributed by atoms with van der Waals surface area (Å²) in [7, 11) is 1.57. The van der Waals surface area contributed by atoms with Gasteiger partial charge < -0.3 is 31.0 Å². The molecule has 1 aromatic carbocycles. The Morgan fingerprint density at radius 2 is 2.09 bits per heavy atom. The average molecular weight is 482 g/mol. The molecule has 1 saturated carbocycles. The highest BCUT2D eigenvalue weighted by molar-refractivity contribution is 6.02. The van der Waals surface area contributed by atoms with Gasteiger partial charge in [-0.3, -0.25) is 19.2 Å². The third-order valence-electron chi connectivity index (χ3n) is 8.16. The topological polar surface area (TPSA) is 147 Å². The Hall–Kier alpha value is -3.56. The third kappa shape index (κ3) is 3.81. The van der Waals surface area contributed by atoms with Gasteiger partial charge in [0.1, 0.15) is 23.5 Å². The molecule has 10 nitrogen and oxygen atoms in total. The average Bonchev–Trinajstić information content (AvgIpc) is 3.33. The lowest BCUT2D eigenvalue weighted by Crippen LogP contribution is -2.55. The number of fused-ring (bicyclic) bond motifs is 2. The van der Waals surface area contributed by atoms with E-state index < -0.39 is 23.9 Å². The molecule has 5 rings (SSSR count). The van der Waals surface area contributed by atoms with E-state index in [1.54, 1.807) is 18.1 Å². The number of aromatic amines is 1.